The Morgan fingerprint density at radius 1 is 1.47 bits per heavy atom. The molecule has 0 bridgehead atoms. The van der Waals surface area contributed by atoms with Gasteiger partial charge in [0.15, 0.2) is 0 Å². The van der Waals surface area contributed by atoms with Gasteiger partial charge < -0.3 is 15.8 Å². The highest BCUT2D eigenvalue weighted by molar-refractivity contribution is 6.33. The third-order valence-electron chi connectivity index (χ3n) is 2.96. The van der Waals surface area contributed by atoms with Gasteiger partial charge in [-0.15, -0.1) is 0 Å². The van der Waals surface area contributed by atoms with Crippen LogP contribution in [0.4, 0.5) is 11.4 Å². The Morgan fingerprint density at radius 3 is 2.94 bits per heavy atom. The van der Waals surface area contributed by atoms with Crippen molar-refractivity contribution in [2.45, 2.75) is 19.8 Å². The van der Waals surface area contributed by atoms with E-state index >= 15 is 0 Å². The lowest BCUT2D eigenvalue weighted by Crippen LogP contribution is -2.11. The largest absolute Gasteiger partial charge is 0.398 e. The lowest BCUT2D eigenvalue weighted by molar-refractivity contribution is 0.134. The predicted molar refractivity (Wildman–Crippen MR) is 72.6 cm³/mol. The van der Waals surface area contributed by atoms with Gasteiger partial charge in [-0.1, -0.05) is 11.6 Å². The molecule has 1 aromatic rings. The summed E-state index contributed by atoms with van der Waals surface area (Å²) in [4.78, 5) is 0. The van der Waals surface area contributed by atoms with Crippen molar-refractivity contribution < 1.29 is 4.74 Å². The van der Waals surface area contributed by atoms with Gasteiger partial charge >= 0.3 is 0 Å². The summed E-state index contributed by atoms with van der Waals surface area (Å²) < 4.78 is 5.55. The number of rotatable bonds is 6. The van der Waals surface area contributed by atoms with E-state index in [1.807, 2.05) is 19.1 Å². The molecule has 2 rings (SSSR count). The first-order chi connectivity index (χ1) is 8.16. The van der Waals surface area contributed by atoms with Crippen LogP contribution < -0.4 is 11.1 Å². The molecule has 0 radical (unpaired) electrons. The molecule has 0 heterocycles. The van der Waals surface area contributed by atoms with Crippen LogP contribution in [0.2, 0.25) is 5.02 Å². The van der Waals surface area contributed by atoms with Gasteiger partial charge in [0.25, 0.3) is 0 Å². The molecule has 0 spiro atoms. The molecule has 17 heavy (non-hydrogen) atoms. The summed E-state index contributed by atoms with van der Waals surface area (Å²) in [6.07, 6.45) is 2.67. The molecule has 3 N–H and O–H groups in total. The van der Waals surface area contributed by atoms with Gasteiger partial charge in [-0.2, -0.15) is 0 Å². The van der Waals surface area contributed by atoms with Gasteiger partial charge in [0.1, 0.15) is 0 Å². The molecule has 0 amide bonds. The second-order valence-corrected chi connectivity index (χ2v) is 5.04. The van der Waals surface area contributed by atoms with Crippen LogP contribution in [0, 0.1) is 12.8 Å². The Hall–Kier alpha value is -0.930. The fraction of sp³-hybridized carbons (Fsp3) is 0.538. The first kappa shape index (κ1) is 12.5. The molecule has 1 aliphatic rings. The topological polar surface area (TPSA) is 47.3 Å². The third kappa shape index (κ3) is 3.79. The average molecular weight is 255 g/mol. The molecule has 0 saturated heterocycles. The summed E-state index contributed by atoms with van der Waals surface area (Å²) in [7, 11) is 0. The molecule has 1 saturated carbocycles. The second kappa shape index (κ2) is 5.61. The Balaban J connectivity index is 1.75. The zero-order chi connectivity index (χ0) is 12.3. The van der Waals surface area contributed by atoms with Gasteiger partial charge in [-0.3, -0.25) is 0 Å². The predicted octanol–water partition coefficient (Wildman–Crippen LogP) is 3.07. The molecule has 0 atom stereocenters. The van der Waals surface area contributed by atoms with E-state index in [0.29, 0.717) is 10.7 Å². The highest BCUT2D eigenvalue weighted by atomic mass is 35.5. The molecule has 94 valence electrons. The average Bonchev–Trinajstić information content (AvgIpc) is 3.08. The number of hydrogen-bond acceptors (Lipinski definition) is 3. The quantitative estimate of drug-likeness (QED) is 0.606. The zero-order valence-corrected chi connectivity index (χ0v) is 10.9. The van der Waals surface area contributed by atoms with Crippen LogP contribution in [-0.4, -0.2) is 19.8 Å². The Bertz CT molecular complexity index is 391. The van der Waals surface area contributed by atoms with Crippen molar-refractivity contribution in [3.05, 3.63) is 22.7 Å². The van der Waals surface area contributed by atoms with Crippen LogP contribution >= 0.6 is 11.6 Å². The molecule has 1 aliphatic carbocycles. The Labute approximate surface area is 107 Å². The van der Waals surface area contributed by atoms with Crippen molar-refractivity contribution in [3.63, 3.8) is 0 Å². The Morgan fingerprint density at radius 2 is 2.24 bits per heavy atom. The highest BCUT2D eigenvalue weighted by Crippen LogP contribution is 2.29. The number of nitrogens with two attached hydrogens (primary N) is 1. The molecule has 0 unspecified atom stereocenters. The number of aryl methyl sites for hydroxylation is 1. The van der Waals surface area contributed by atoms with Crippen molar-refractivity contribution in [2.24, 2.45) is 5.92 Å². The maximum Gasteiger partial charge on any atom is 0.0656 e. The fourth-order valence-electron chi connectivity index (χ4n) is 1.69. The molecular formula is C13H19ClN2O. The van der Waals surface area contributed by atoms with E-state index in [1.54, 1.807) is 0 Å². The molecule has 3 nitrogen and oxygen atoms in total. The second-order valence-electron chi connectivity index (χ2n) is 4.63. The third-order valence-corrected chi connectivity index (χ3v) is 3.28. The molecular weight excluding hydrogens is 236 g/mol. The first-order valence-corrected chi connectivity index (χ1v) is 6.42. The van der Waals surface area contributed by atoms with Gasteiger partial charge in [-0.25, -0.2) is 0 Å². The number of nitrogen functional groups attached to an aromatic ring is 1. The summed E-state index contributed by atoms with van der Waals surface area (Å²) in [6.45, 7) is 4.45. The molecule has 1 aromatic carbocycles. The van der Waals surface area contributed by atoms with Crippen molar-refractivity contribution in [2.75, 3.05) is 30.8 Å². The summed E-state index contributed by atoms with van der Waals surface area (Å²) >= 11 is 5.98. The minimum absolute atomic E-state index is 0.594. The Kier molecular flexibility index (Phi) is 4.13. The summed E-state index contributed by atoms with van der Waals surface area (Å²) in [5.74, 6) is 0.822. The van der Waals surface area contributed by atoms with Gasteiger partial charge in [-0.05, 0) is 43.4 Å². The van der Waals surface area contributed by atoms with Crippen LogP contribution in [-0.2, 0) is 4.74 Å². The highest BCUT2D eigenvalue weighted by Gasteiger charge is 2.20. The van der Waals surface area contributed by atoms with E-state index in [0.717, 1.165) is 36.9 Å². The van der Waals surface area contributed by atoms with Crippen LogP contribution in [0.15, 0.2) is 12.1 Å². The van der Waals surface area contributed by atoms with Crippen molar-refractivity contribution in [3.8, 4) is 0 Å². The van der Waals surface area contributed by atoms with Gasteiger partial charge in [0.2, 0.25) is 0 Å². The van der Waals surface area contributed by atoms with E-state index < -0.39 is 0 Å². The van der Waals surface area contributed by atoms with E-state index in [4.69, 9.17) is 22.1 Å². The lowest BCUT2D eigenvalue weighted by atomic mass is 10.2. The van der Waals surface area contributed by atoms with Crippen LogP contribution in [0.1, 0.15) is 18.4 Å². The SMILES string of the molecule is Cc1cc(N)c(Cl)cc1NCCOCC1CC1. The zero-order valence-electron chi connectivity index (χ0n) is 10.1. The van der Waals surface area contributed by atoms with Crippen LogP contribution in [0.3, 0.4) is 0 Å². The van der Waals surface area contributed by atoms with Crippen molar-refractivity contribution >= 4 is 23.0 Å². The number of nitrogens with one attached hydrogen (secondary N) is 1. The minimum atomic E-state index is 0.594. The van der Waals surface area contributed by atoms with Crippen LogP contribution in [0.5, 0.6) is 0 Å². The number of hydrogen-bond donors (Lipinski definition) is 2. The van der Waals surface area contributed by atoms with Crippen molar-refractivity contribution in [1.82, 2.24) is 0 Å². The maximum atomic E-state index is 5.98. The molecule has 1 fully saturated rings. The molecule has 0 aliphatic heterocycles. The minimum Gasteiger partial charge on any atom is -0.398 e. The summed E-state index contributed by atoms with van der Waals surface area (Å²) in [5.41, 5.74) is 8.48. The van der Waals surface area contributed by atoms with E-state index in [2.05, 4.69) is 5.32 Å². The number of ether oxygens (including phenoxy) is 1. The van der Waals surface area contributed by atoms with Crippen LogP contribution in [0.25, 0.3) is 0 Å². The maximum absolute atomic E-state index is 5.98. The number of anilines is 2. The number of halogens is 1. The van der Waals surface area contributed by atoms with E-state index in [1.165, 1.54) is 12.8 Å². The fourth-order valence-corrected chi connectivity index (χ4v) is 1.85. The number of benzene rings is 1. The molecule has 4 heteroatoms. The van der Waals surface area contributed by atoms with Crippen molar-refractivity contribution in [1.29, 1.82) is 0 Å². The van der Waals surface area contributed by atoms with Gasteiger partial charge in [0, 0.05) is 18.8 Å². The van der Waals surface area contributed by atoms with E-state index in [9.17, 15) is 0 Å². The monoisotopic (exact) mass is 254 g/mol. The first-order valence-electron chi connectivity index (χ1n) is 6.04. The molecule has 0 aromatic heterocycles. The normalized spacial score (nSPS) is 14.9. The summed E-state index contributed by atoms with van der Waals surface area (Å²) in [5, 5.41) is 3.90. The van der Waals surface area contributed by atoms with Gasteiger partial charge in [0.05, 0.1) is 17.3 Å². The lowest BCUT2D eigenvalue weighted by Gasteiger charge is -2.11. The smallest absolute Gasteiger partial charge is 0.0656 e. The van der Waals surface area contributed by atoms with E-state index in [-0.39, 0.29) is 0 Å². The standard InChI is InChI=1S/C13H19ClN2O/c1-9-6-12(15)11(14)7-13(9)16-4-5-17-8-10-2-3-10/h6-7,10,16H,2-5,8,15H2,1H3. The summed E-state index contributed by atoms with van der Waals surface area (Å²) in [6, 6.07) is 3.75.